The second kappa shape index (κ2) is 5.14. The monoisotopic (exact) mass is 211 g/mol. The van der Waals surface area contributed by atoms with Crippen molar-refractivity contribution in [1.82, 2.24) is 15.1 Å². The van der Waals surface area contributed by atoms with E-state index in [4.69, 9.17) is 5.11 Å². The number of carboxylic acids is 1. The van der Waals surface area contributed by atoms with Crippen molar-refractivity contribution in [2.45, 2.75) is 19.9 Å². The highest BCUT2D eigenvalue weighted by molar-refractivity contribution is 5.93. The molecule has 0 bridgehead atoms. The van der Waals surface area contributed by atoms with Crippen LogP contribution in [-0.4, -0.2) is 33.3 Å². The van der Waals surface area contributed by atoms with Crippen LogP contribution < -0.4 is 5.32 Å². The minimum atomic E-state index is -0.987. The van der Waals surface area contributed by atoms with Crippen LogP contribution in [-0.2, 0) is 11.3 Å². The van der Waals surface area contributed by atoms with Crippen molar-refractivity contribution in [1.29, 1.82) is 0 Å². The van der Waals surface area contributed by atoms with Crippen molar-refractivity contribution < 1.29 is 14.7 Å². The Morgan fingerprint density at radius 1 is 1.60 bits per heavy atom. The largest absolute Gasteiger partial charge is 0.480 e. The van der Waals surface area contributed by atoms with Crippen LogP contribution in [0.4, 0.5) is 0 Å². The lowest BCUT2D eigenvalue weighted by Gasteiger charge is -1.99. The SMILES string of the molecule is CCCNC(=O)c1cnn(CC(=O)O)c1. The van der Waals surface area contributed by atoms with E-state index < -0.39 is 5.97 Å². The molecule has 1 amide bonds. The number of aliphatic carboxylic acids is 1. The molecule has 0 atom stereocenters. The first-order chi connectivity index (χ1) is 7.13. The predicted octanol–water partition coefficient (Wildman–Crippen LogP) is 0.107. The summed E-state index contributed by atoms with van der Waals surface area (Å²) in [6.07, 6.45) is 3.63. The van der Waals surface area contributed by atoms with Gasteiger partial charge in [0.15, 0.2) is 0 Å². The van der Waals surface area contributed by atoms with Crippen LogP contribution in [0.15, 0.2) is 12.4 Å². The molecule has 0 fully saturated rings. The first-order valence-corrected chi connectivity index (χ1v) is 4.66. The van der Waals surface area contributed by atoms with E-state index in [1.165, 1.54) is 17.1 Å². The molecule has 0 aromatic carbocycles. The van der Waals surface area contributed by atoms with Crippen molar-refractivity contribution in [2.24, 2.45) is 0 Å². The lowest BCUT2D eigenvalue weighted by atomic mass is 10.3. The molecule has 1 heterocycles. The number of amides is 1. The van der Waals surface area contributed by atoms with Crippen LogP contribution in [0.5, 0.6) is 0 Å². The second-order valence-corrected chi connectivity index (χ2v) is 3.08. The van der Waals surface area contributed by atoms with Gasteiger partial charge in [-0.2, -0.15) is 5.10 Å². The molecule has 0 saturated heterocycles. The third kappa shape index (κ3) is 3.41. The molecule has 0 aliphatic rings. The van der Waals surface area contributed by atoms with Gasteiger partial charge in [-0.3, -0.25) is 14.3 Å². The molecular weight excluding hydrogens is 198 g/mol. The van der Waals surface area contributed by atoms with E-state index in [0.29, 0.717) is 12.1 Å². The van der Waals surface area contributed by atoms with E-state index in [9.17, 15) is 9.59 Å². The maximum absolute atomic E-state index is 11.4. The normalized spacial score (nSPS) is 9.93. The van der Waals surface area contributed by atoms with Crippen molar-refractivity contribution in [3.05, 3.63) is 18.0 Å². The first kappa shape index (κ1) is 11.2. The summed E-state index contributed by atoms with van der Waals surface area (Å²) in [7, 11) is 0. The number of nitrogens with one attached hydrogen (secondary N) is 1. The summed E-state index contributed by atoms with van der Waals surface area (Å²) in [5.74, 6) is -1.22. The third-order valence-corrected chi connectivity index (χ3v) is 1.73. The number of hydrogen-bond acceptors (Lipinski definition) is 3. The molecule has 6 nitrogen and oxygen atoms in total. The Morgan fingerprint density at radius 2 is 2.33 bits per heavy atom. The topological polar surface area (TPSA) is 84.2 Å². The number of aromatic nitrogens is 2. The highest BCUT2D eigenvalue weighted by Crippen LogP contribution is 1.97. The fraction of sp³-hybridized carbons (Fsp3) is 0.444. The van der Waals surface area contributed by atoms with Crippen molar-refractivity contribution in [3.63, 3.8) is 0 Å². The maximum Gasteiger partial charge on any atom is 0.325 e. The molecule has 1 aromatic heterocycles. The molecular formula is C9H13N3O3. The van der Waals surface area contributed by atoms with Gasteiger partial charge in [0.2, 0.25) is 0 Å². The average molecular weight is 211 g/mol. The summed E-state index contributed by atoms with van der Waals surface area (Å²) in [6, 6.07) is 0. The predicted molar refractivity (Wildman–Crippen MR) is 52.5 cm³/mol. The van der Waals surface area contributed by atoms with Crippen molar-refractivity contribution in [3.8, 4) is 0 Å². The molecule has 82 valence electrons. The van der Waals surface area contributed by atoms with Gasteiger partial charge in [-0.15, -0.1) is 0 Å². The van der Waals surface area contributed by atoms with E-state index >= 15 is 0 Å². The van der Waals surface area contributed by atoms with E-state index in [-0.39, 0.29) is 12.5 Å². The zero-order valence-electron chi connectivity index (χ0n) is 8.43. The summed E-state index contributed by atoms with van der Waals surface area (Å²) in [6.45, 7) is 2.32. The summed E-state index contributed by atoms with van der Waals surface area (Å²) in [5.41, 5.74) is 0.379. The second-order valence-electron chi connectivity index (χ2n) is 3.08. The number of carboxylic acid groups (broad SMARTS) is 1. The molecule has 0 unspecified atom stereocenters. The van der Waals surface area contributed by atoms with Gasteiger partial charge in [-0.05, 0) is 6.42 Å². The fourth-order valence-electron chi connectivity index (χ4n) is 1.05. The summed E-state index contributed by atoms with van der Waals surface area (Å²) < 4.78 is 1.21. The van der Waals surface area contributed by atoms with Crippen molar-refractivity contribution in [2.75, 3.05) is 6.54 Å². The van der Waals surface area contributed by atoms with Crippen LogP contribution in [0.1, 0.15) is 23.7 Å². The van der Waals surface area contributed by atoms with E-state index in [2.05, 4.69) is 10.4 Å². The molecule has 0 aliphatic heterocycles. The zero-order chi connectivity index (χ0) is 11.3. The molecule has 0 saturated carbocycles. The Labute approximate surface area is 86.9 Å². The van der Waals surface area contributed by atoms with Gasteiger partial charge in [0.1, 0.15) is 6.54 Å². The number of hydrogen-bond donors (Lipinski definition) is 2. The molecule has 15 heavy (non-hydrogen) atoms. The van der Waals surface area contributed by atoms with E-state index in [1.807, 2.05) is 6.92 Å². The Kier molecular flexibility index (Phi) is 3.84. The molecule has 0 radical (unpaired) electrons. The lowest BCUT2D eigenvalue weighted by molar-refractivity contribution is -0.137. The lowest BCUT2D eigenvalue weighted by Crippen LogP contribution is -2.23. The quantitative estimate of drug-likeness (QED) is 0.723. The zero-order valence-corrected chi connectivity index (χ0v) is 8.43. The van der Waals surface area contributed by atoms with Crippen LogP contribution in [0.2, 0.25) is 0 Å². The summed E-state index contributed by atoms with van der Waals surface area (Å²) in [5, 5.41) is 14.9. The van der Waals surface area contributed by atoms with Gasteiger partial charge in [0.05, 0.1) is 11.8 Å². The number of carbonyl (C=O) groups excluding carboxylic acids is 1. The Morgan fingerprint density at radius 3 is 2.93 bits per heavy atom. The van der Waals surface area contributed by atoms with E-state index in [1.54, 1.807) is 0 Å². The fourth-order valence-corrected chi connectivity index (χ4v) is 1.05. The minimum Gasteiger partial charge on any atom is -0.480 e. The van der Waals surface area contributed by atoms with E-state index in [0.717, 1.165) is 6.42 Å². The molecule has 6 heteroatoms. The van der Waals surface area contributed by atoms with Gasteiger partial charge >= 0.3 is 5.97 Å². The number of nitrogens with zero attached hydrogens (tertiary/aromatic N) is 2. The van der Waals surface area contributed by atoms with Crippen LogP contribution in [0, 0.1) is 0 Å². The van der Waals surface area contributed by atoms with Gasteiger partial charge < -0.3 is 10.4 Å². The van der Waals surface area contributed by atoms with Crippen LogP contribution in [0.3, 0.4) is 0 Å². The minimum absolute atomic E-state index is 0.228. The summed E-state index contributed by atoms with van der Waals surface area (Å²) in [4.78, 5) is 21.7. The highest BCUT2D eigenvalue weighted by Gasteiger charge is 2.08. The molecule has 0 aliphatic carbocycles. The van der Waals surface area contributed by atoms with Crippen molar-refractivity contribution >= 4 is 11.9 Å². The molecule has 1 aromatic rings. The maximum atomic E-state index is 11.4. The third-order valence-electron chi connectivity index (χ3n) is 1.73. The standard InChI is InChI=1S/C9H13N3O3/c1-2-3-10-9(15)7-4-11-12(5-7)6-8(13)14/h4-5H,2-3,6H2,1H3,(H,10,15)(H,13,14). The van der Waals surface area contributed by atoms with Crippen LogP contribution in [0.25, 0.3) is 0 Å². The van der Waals surface area contributed by atoms with Gasteiger partial charge in [0, 0.05) is 12.7 Å². The smallest absolute Gasteiger partial charge is 0.325 e. The average Bonchev–Trinajstić information content (AvgIpc) is 2.61. The highest BCUT2D eigenvalue weighted by atomic mass is 16.4. The van der Waals surface area contributed by atoms with Gasteiger partial charge in [0.25, 0.3) is 5.91 Å². The molecule has 2 N–H and O–H groups in total. The molecule has 0 spiro atoms. The molecule has 1 rings (SSSR count). The number of rotatable bonds is 5. The Balaban J connectivity index is 2.59. The van der Waals surface area contributed by atoms with Gasteiger partial charge in [-0.1, -0.05) is 6.92 Å². The Bertz CT molecular complexity index is 359. The first-order valence-electron chi connectivity index (χ1n) is 4.66. The summed E-state index contributed by atoms with van der Waals surface area (Å²) >= 11 is 0. The number of carbonyl (C=O) groups is 2. The van der Waals surface area contributed by atoms with Gasteiger partial charge in [-0.25, -0.2) is 0 Å². The Hall–Kier alpha value is -1.85. The van der Waals surface area contributed by atoms with Crippen LogP contribution >= 0.6 is 0 Å².